The van der Waals surface area contributed by atoms with Crippen molar-refractivity contribution in [2.75, 3.05) is 11.9 Å². The summed E-state index contributed by atoms with van der Waals surface area (Å²) in [4.78, 5) is 2.30. The number of nitrogens with zero attached hydrogens (tertiary/aromatic N) is 2. The summed E-state index contributed by atoms with van der Waals surface area (Å²) in [5.41, 5.74) is 9.93. The third-order valence-corrected chi connectivity index (χ3v) is 7.20. The summed E-state index contributed by atoms with van der Waals surface area (Å²) in [6, 6.07) is 34.4. The molecule has 36 heavy (non-hydrogen) atoms. The highest BCUT2D eigenvalue weighted by Gasteiger charge is 2.37. The number of hydrogen-bond acceptors (Lipinski definition) is 1. The average molecular weight is 470 g/mol. The molecule has 4 aromatic rings. The number of likely N-dealkylation sites (N-methyl/N-ethyl adjacent to an activating group) is 1. The Labute approximate surface area is 215 Å². The number of para-hydroxylation sites is 1. The van der Waals surface area contributed by atoms with Gasteiger partial charge in [0.15, 0.2) is 0 Å². The molecule has 178 valence electrons. The second-order valence-corrected chi connectivity index (χ2v) is 9.84. The van der Waals surface area contributed by atoms with Gasteiger partial charge in [-0.25, -0.2) is 0 Å². The zero-order valence-corrected chi connectivity index (χ0v) is 21.5. The first-order chi connectivity index (χ1) is 17.5. The first-order valence-corrected chi connectivity index (χ1v) is 12.5. The van der Waals surface area contributed by atoms with E-state index in [2.05, 4.69) is 165 Å². The van der Waals surface area contributed by atoms with Crippen molar-refractivity contribution >= 4 is 11.8 Å². The summed E-state index contributed by atoms with van der Waals surface area (Å²) in [7, 11) is 4.29. The molecule has 0 bridgehead atoms. The van der Waals surface area contributed by atoms with Crippen LogP contribution in [0.3, 0.4) is 0 Å². The lowest BCUT2D eigenvalue weighted by atomic mass is 9.84. The predicted molar refractivity (Wildman–Crippen MR) is 153 cm³/mol. The lowest BCUT2D eigenvalue weighted by Gasteiger charge is -2.23. The van der Waals surface area contributed by atoms with Gasteiger partial charge in [0, 0.05) is 47.6 Å². The fraction of sp³-hybridized carbons (Fsp3) is 0.147. The van der Waals surface area contributed by atoms with E-state index >= 15 is 0 Å². The van der Waals surface area contributed by atoms with Crippen LogP contribution < -0.4 is 9.47 Å². The van der Waals surface area contributed by atoms with Gasteiger partial charge in [-0.15, -0.1) is 0 Å². The number of allylic oxidation sites excluding steroid dienone is 5. The van der Waals surface area contributed by atoms with Gasteiger partial charge in [0.05, 0.1) is 0 Å². The molecule has 0 spiro atoms. The Morgan fingerprint density at radius 3 is 2.03 bits per heavy atom. The smallest absolute Gasteiger partial charge is 0.213 e. The molecule has 0 fully saturated rings. The molecule has 2 nitrogen and oxygen atoms in total. The van der Waals surface area contributed by atoms with Crippen molar-refractivity contribution in [1.82, 2.24) is 0 Å². The molecule has 3 aromatic carbocycles. The summed E-state index contributed by atoms with van der Waals surface area (Å²) in [6.07, 6.45) is 10.8. The monoisotopic (exact) mass is 469 g/mol. The standard InChI is InChI=1S/C34H33N2/c1-34(2)30-21-14-15-22-31(30)36(4)33(34)23-13-7-12-20-29-24-28(26-16-8-5-9-17-26)25-32(35(29)3)27-18-10-6-11-19-27/h5-25H,1-4H3/q+1. The molecule has 2 heterocycles. The van der Waals surface area contributed by atoms with E-state index in [4.69, 9.17) is 0 Å². The van der Waals surface area contributed by atoms with Crippen molar-refractivity contribution < 1.29 is 4.57 Å². The number of anilines is 1. The van der Waals surface area contributed by atoms with Crippen LogP contribution in [0.2, 0.25) is 0 Å². The van der Waals surface area contributed by atoms with Crippen molar-refractivity contribution in [3.05, 3.63) is 138 Å². The highest BCUT2D eigenvalue weighted by molar-refractivity contribution is 5.72. The van der Waals surface area contributed by atoms with E-state index in [-0.39, 0.29) is 5.41 Å². The second-order valence-electron chi connectivity index (χ2n) is 9.84. The molecule has 0 atom stereocenters. The maximum atomic E-state index is 2.30. The Morgan fingerprint density at radius 1 is 0.694 bits per heavy atom. The van der Waals surface area contributed by atoms with E-state index in [9.17, 15) is 0 Å². The number of rotatable bonds is 5. The number of hydrogen-bond donors (Lipinski definition) is 0. The molecular formula is C34H33N2+. The van der Waals surface area contributed by atoms with Crippen LogP contribution in [0.4, 0.5) is 5.69 Å². The van der Waals surface area contributed by atoms with Crippen LogP contribution in [-0.2, 0) is 12.5 Å². The molecule has 1 aliphatic heterocycles. The quantitative estimate of drug-likeness (QED) is 0.214. The van der Waals surface area contributed by atoms with Gasteiger partial charge in [-0.3, -0.25) is 0 Å². The summed E-state index contributed by atoms with van der Waals surface area (Å²) in [6.45, 7) is 4.59. The number of pyridine rings is 1. The van der Waals surface area contributed by atoms with Crippen molar-refractivity contribution in [3.63, 3.8) is 0 Å². The lowest BCUT2D eigenvalue weighted by molar-refractivity contribution is -0.662. The molecule has 2 heteroatoms. The zero-order chi connectivity index (χ0) is 25.1. The fourth-order valence-electron chi connectivity index (χ4n) is 5.19. The molecule has 0 saturated heterocycles. The molecule has 0 amide bonds. The summed E-state index contributed by atoms with van der Waals surface area (Å²) in [5.74, 6) is 0. The molecule has 0 unspecified atom stereocenters. The Hall–Kier alpha value is -4.17. The fourth-order valence-corrected chi connectivity index (χ4v) is 5.19. The number of aromatic nitrogens is 1. The number of benzene rings is 3. The summed E-state index contributed by atoms with van der Waals surface area (Å²) in [5, 5.41) is 0. The summed E-state index contributed by atoms with van der Waals surface area (Å²) < 4.78 is 2.26. The molecule has 5 rings (SSSR count). The van der Waals surface area contributed by atoms with Crippen LogP contribution in [-0.4, -0.2) is 7.05 Å². The average Bonchev–Trinajstić information content (AvgIpc) is 3.10. The Kier molecular flexibility index (Phi) is 6.43. The maximum Gasteiger partial charge on any atom is 0.213 e. The predicted octanol–water partition coefficient (Wildman–Crippen LogP) is 7.73. The minimum absolute atomic E-state index is 0.0135. The molecule has 0 radical (unpaired) electrons. The van der Waals surface area contributed by atoms with Gasteiger partial charge in [0.25, 0.3) is 0 Å². The van der Waals surface area contributed by atoms with Gasteiger partial charge in [0.1, 0.15) is 7.05 Å². The first kappa shape index (κ1) is 23.6. The maximum absolute atomic E-state index is 2.30. The van der Waals surface area contributed by atoms with Crippen LogP contribution in [0.25, 0.3) is 28.5 Å². The Balaban J connectivity index is 1.46. The molecule has 0 saturated carbocycles. The van der Waals surface area contributed by atoms with Crippen molar-refractivity contribution in [1.29, 1.82) is 0 Å². The Bertz CT molecular complexity index is 1460. The molecule has 1 aromatic heterocycles. The highest BCUT2D eigenvalue weighted by Crippen LogP contribution is 2.46. The summed E-state index contributed by atoms with van der Waals surface area (Å²) >= 11 is 0. The van der Waals surface area contributed by atoms with E-state index in [0.717, 1.165) is 5.69 Å². The largest absolute Gasteiger partial charge is 0.347 e. The second kappa shape index (κ2) is 9.83. The van der Waals surface area contributed by atoms with Gasteiger partial charge < -0.3 is 4.90 Å². The van der Waals surface area contributed by atoms with E-state index in [1.807, 2.05) is 0 Å². The van der Waals surface area contributed by atoms with Gasteiger partial charge in [-0.2, -0.15) is 4.57 Å². The molecular weight excluding hydrogens is 436 g/mol. The normalized spacial score (nSPS) is 15.8. The lowest BCUT2D eigenvalue weighted by Crippen LogP contribution is -2.34. The van der Waals surface area contributed by atoms with E-state index in [1.165, 1.54) is 39.3 Å². The van der Waals surface area contributed by atoms with Gasteiger partial charge >= 0.3 is 0 Å². The van der Waals surface area contributed by atoms with Crippen LogP contribution >= 0.6 is 0 Å². The third-order valence-electron chi connectivity index (χ3n) is 7.20. The first-order valence-electron chi connectivity index (χ1n) is 12.5. The van der Waals surface area contributed by atoms with Crippen molar-refractivity contribution in [2.45, 2.75) is 19.3 Å². The van der Waals surface area contributed by atoms with Crippen molar-refractivity contribution in [3.8, 4) is 22.4 Å². The molecule has 0 aliphatic carbocycles. The Morgan fingerprint density at radius 2 is 1.33 bits per heavy atom. The van der Waals surface area contributed by atoms with Gasteiger partial charge in [-0.05, 0) is 41.0 Å². The minimum atomic E-state index is -0.0135. The number of fused-ring (bicyclic) bond motifs is 1. The van der Waals surface area contributed by atoms with E-state index in [1.54, 1.807) is 0 Å². The molecule has 1 aliphatic rings. The van der Waals surface area contributed by atoms with Crippen LogP contribution in [0.1, 0.15) is 25.1 Å². The van der Waals surface area contributed by atoms with Crippen LogP contribution in [0, 0.1) is 0 Å². The van der Waals surface area contributed by atoms with Gasteiger partial charge in [0.2, 0.25) is 11.4 Å². The van der Waals surface area contributed by atoms with Gasteiger partial charge in [-0.1, -0.05) is 98.8 Å². The van der Waals surface area contributed by atoms with E-state index < -0.39 is 0 Å². The van der Waals surface area contributed by atoms with Crippen LogP contribution in [0.15, 0.2) is 127 Å². The van der Waals surface area contributed by atoms with Crippen molar-refractivity contribution in [2.24, 2.45) is 7.05 Å². The highest BCUT2D eigenvalue weighted by atomic mass is 15.2. The minimum Gasteiger partial charge on any atom is -0.347 e. The zero-order valence-electron chi connectivity index (χ0n) is 21.5. The van der Waals surface area contributed by atoms with E-state index in [0.29, 0.717) is 0 Å². The van der Waals surface area contributed by atoms with Crippen LogP contribution in [0.5, 0.6) is 0 Å². The SMILES string of the molecule is CN1/C(=C/C=C/C=C/c2cc(-c3ccccc3)cc(-c3ccccc3)[n+]2C)C(C)(C)c2ccccc21. The third kappa shape index (κ3) is 4.43. The topological polar surface area (TPSA) is 7.12 Å². The molecule has 0 N–H and O–H groups in total.